The van der Waals surface area contributed by atoms with Crippen LogP contribution in [0.1, 0.15) is 0 Å². The molecule has 0 spiro atoms. The third-order valence-electron chi connectivity index (χ3n) is 9.75. The van der Waals surface area contributed by atoms with Crippen molar-refractivity contribution >= 4 is 43.4 Å². The molecular weight excluding hydrogens is 635 g/mol. The number of nitrogens with zero attached hydrogens (tertiary/aromatic N) is 5. The number of hydrogen-bond donors (Lipinski definition) is 0. The van der Waals surface area contributed by atoms with Gasteiger partial charge >= 0.3 is 0 Å². The highest BCUT2D eigenvalue weighted by molar-refractivity contribution is 6.21. The molecule has 0 aliphatic carbocycles. The van der Waals surface area contributed by atoms with Gasteiger partial charge in [-0.1, -0.05) is 115 Å². The van der Waals surface area contributed by atoms with Crippen molar-refractivity contribution in [2.75, 3.05) is 0 Å². The molecule has 52 heavy (non-hydrogen) atoms. The molecule has 0 atom stereocenters. The number of rotatable bonds is 5. The second-order valence-electron chi connectivity index (χ2n) is 12.9. The Labute approximate surface area is 300 Å². The Hall–Kier alpha value is -7.11. The van der Waals surface area contributed by atoms with Crippen LogP contribution < -0.4 is 0 Å². The van der Waals surface area contributed by atoms with Crippen molar-refractivity contribution in [3.8, 4) is 56.4 Å². The Morgan fingerprint density at radius 3 is 1.29 bits per heavy atom. The van der Waals surface area contributed by atoms with Crippen molar-refractivity contribution in [2.45, 2.75) is 0 Å². The molecule has 0 amide bonds. The van der Waals surface area contributed by atoms with Crippen LogP contribution in [0.15, 0.2) is 176 Å². The van der Waals surface area contributed by atoms with Gasteiger partial charge in [0.25, 0.3) is 0 Å². The SMILES string of the molecule is c1ccc(-c2ccc3ccc4ccc(-c5c6ccccc6c(-c6cc(-c7ccccn7)nc(-c7ccccn7)c6)c6ccccc56)nc4c3n2)cc1. The summed E-state index contributed by atoms with van der Waals surface area (Å²) >= 11 is 0. The highest BCUT2D eigenvalue weighted by Gasteiger charge is 2.20. The van der Waals surface area contributed by atoms with E-state index in [0.717, 1.165) is 99.8 Å². The lowest BCUT2D eigenvalue weighted by molar-refractivity contribution is 1.22. The Bertz CT molecular complexity index is 2830. The molecule has 0 radical (unpaired) electrons. The van der Waals surface area contributed by atoms with Crippen LogP contribution in [0.2, 0.25) is 0 Å². The summed E-state index contributed by atoms with van der Waals surface area (Å²) in [6.07, 6.45) is 3.61. The van der Waals surface area contributed by atoms with Crippen LogP contribution >= 0.6 is 0 Å². The predicted octanol–water partition coefficient (Wildman–Crippen LogP) is 11.6. The van der Waals surface area contributed by atoms with Crippen molar-refractivity contribution in [2.24, 2.45) is 0 Å². The zero-order valence-corrected chi connectivity index (χ0v) is 28.0. The fourth-order valence-corrected chi connectivity index (χ4v) is 7.36. The summed E-state index contributed by atoms with van der Waals surface area (Å²) in [7, 11) is 0. The van der Waals surface area contributed by atoms with E-state index in [4.69, 9.17) is 15.0 Å². The van der Waals surface area contributed by atoms with E-state index < -0.39 is 0 Å². The van der Waals surface area contributed by atoms with Gasteiger partial charge in [0.15, 0.2) is 0 Å². The van der Waals surface area contributed by atoms with Crippen LogP contribution in [0.5, 0.6) is 0 Å². The topological polar surface area (TPSA) is 64.5 Å². The number of aromatic nitrogens is 5. The van der Waals surface area contributed by atoms with Gasteiger partial charge in [0.05, 0.1) is 45.2 Å². The molecule has 0 aliphatic rings. The average Bonchev–Trinajstić information content (AvgIpc) is 3.23. The molecular formula is C47H29N5. The smallest absolute Gasteiger partial charge is 0.0972 e. The van der Waals surface area contributed by atoms with Gasteiger partial charge in [-0.3, -0.25) is 9.97 Å². The average molecular weight is 664 g/mol. The third-order valence-corrected chi connectivity index (χ3v) is 9.75. The van der Waals surface area contributed by atoms with Crippen molar-refractivity contribution < 1.29 is 0 Å². The maximum Gasteiger partial charge on any atom is 0.0972 e. The standard InChI is InChI=1S/C47H29N5/c1-2-12-30(13-3-1)38-24-22-31-20-21-32-23-25-41(52-47(32)46(31)51-38)45-36-16-6-4-14-34(36)44(35-15-5-7-17-37(35)45)33-28-42(39-18-8-10-26-48-39)50-43(29-33)40-19-9-11-27-49-40/h1-29H. The molecule has 5 heterocycles. The molecule has 0 aliphatic heterocycles. The molecule has 0 saturated heterocycles. The first kappa shape index (κ1) is 29.8. The number of pyridine rings is 5. The Morgan fingerprint density at radius 2 is 0.750 bits per heavy atom. The summed E-state index contributed by atoms with van der Waals surface area (Å²) in [5.74, 6) is 0. The summed E-state index contributed by atoms with van der Waals surface area (Å²) in [6.45, 7) is 0. The maximum absolute atomic E-state index is 5.43. The van der Waals surface area contributed by atoms with Crippen LogP contribution in [0, 0.1) is 0 Å². The molecule has 0 N–H and O–H groups in total. The minimum atomic E-state index is 0.793. The minimum Gasteiger partial charge on any atom is -0.255 e. The lowest BCUT2D eigenvalue weighted by Crippen LogP contribution is -1.96. The van der Waals surface area contributed by atoms with E-state index in [2.05, 4.69) is 119 Å². The van der Waals surface area contributed by atoms with Crippen molar-refractivity contribution in [1.29, 1.82) is 0 Å². The van der Waals surface area contributed by atoms with E-state index in [1.165, 1.54) is 0 Å². The highest BCUT2D eigenvalue weighted by atomic mass is 14.8. The Balaban J connectivity index is 1.24. The van der Waals surface area contributed by atoms with Gasteiger partial charge in [-0.2, -0.15) is 0 Å². The van der Waals surface area contributed by atoms with Crippen molar-refractivity contribution in [3.05, 3.63) is 176 Å². The summed E-state index contributed by atoms with van der Waals surface area (Å²) in [5, 5.41) is 6.62. The molecule has 5 heteroatoms. The summed E-state index contributed by atoms with van der Waals surface area (Å²) in [6, 6.07) is 56.6. The first-order valence-corrected chi connectivity index (χ1v) is 17.3. The molecule has 5 aromatic carbocycles. The van der Waals surface area contributed by atoms with E-state index in [0.29, 0.717) is 0 Å². The van der Waals surface area contributed by atoms with Crippen LogP contribution in [-0.2, 0) is 0 Å². The number of fused-ring (bicyclic) bond motifs is 5. The lowest BCUT2D eigenvalue weighted by atomic mass is 9.86. The first-order chi connectivity index (χ1) is 25.8. The summed E-state index contributed by atoms with van der Waals surface area (Å²) < 4.78 is 0. The van der Waals surface area contributed by atoms with E-state index in [-0.39, 0.29) is 0 Å². The van der Waals surface area contributed by atoms with E-state index >= 15 is 0 Å². The molecule has 0 saturated carbocycles. The largest absolute Gasteiger partial charge is 0.255 e. The summed E-state index contributed by atoms with van der Waals surface area (Å²) in [4.78, 5) is 25.0. The molecule has 0 unspecified atom stereocenters. The fourth-order valence-electron chi connectivity index (χ4n) is 7.36. The Kier molecular flexibility index (Phi) is 7.07. The van der Waals surface area contributed by atoms with Crippen LogP contribution in [0.25, 0.3) is 99.8 Å². The van der Waals surface area contributed by atoms with Gasteiger partial charge in [0.1, 0.15) is 0 Å². The van der Waals surface area contributed by atoms with Crippen LogP contribution in [0.3, 0.4) is 0 Å². The van der Waals surface area contributed by atoms with Gasteiger partial charge < -0.3 is 0 Å². The molecule has 0 bridgehead atoms. The molecule has 5 aromatic heterocycles. The second kappa shape index (κ2) is 12.3. The normalized spacial score (nSPS) is 11.5. The second-order valence-corrected chi connectivity index (χ2v) is 12.9. The zero-order valence-electron chi connectivity index (χ0n) is 28.0. The lowest BCUT2D eigenvalue weighted by Gasteiger charge is -2.18. The van der Waals surface area contributed by atoms with Gasteiger partial charge in [-0.05, 0) is 81.2 Å². The highest BCUT2D eigenvalue weighted by Crippen LogP contribution is 2.44. The van der Waals surface area contributed by atoms with Crippen molar-refractivity contribution in [1.82, 2.24) is 24.9 Å². The van der Waals surface area contributed by atoms with Gasteiger partial charge in [0, 0.05) is 34.3 Å². The first-order valence-electron chi connectivity index (χ1n) is 17.3. The van der Waals surface area contributed by atoms with Crippen molar-refractivity contribution in [3.63, 3.8) is 0 Å². The predicted molar refractivity (Wildman–Crippen MR) is 213 cm³/mol. The third kappa shape index (κ3) is 5.07. The van der Waals surface area contributed by atoms with Gasteiger partial charge in [-0.15, -0.1) is 0 Å². The maximum atomic E-state index is 5.43. The quantitative estimate of drug-likeness (QED) is 0.135. The number of hydrogen-bond acceptors (Lipinski definition) is 5. The molecule has 10 rings (SSSR count). The monoisotopic (exact) mass is 663 g/mol. The van der Waals surface area contributed by atoms with E-state index in [9.17, 15) is 0 Å². The Morgan fingerprint density at radius 1 is 0.288 bits per heavy atom. The van der Waals surface area contributed by atoms with Crippen LogP contribution in [-0.4, -0.2) is 24.9 Å². The number of benzene rings is 5. The van der Waals surface area contributed by atoms with Gasteiger partial charge in [0.2, 0.25) is 0 Å². The fraction of sp³-hybridized carbons (Fsp3) is 0. The van der Waals surface area contributed by atoms with E-state index in [1.807, 2.05) is 67.0 Å². The molecule has 0 fully saturated rings. The van der Waals surface area contributed by atoms with E-state index in [1.54, 1.807) is 0 Å². The van der Waals surface area contributed by atoms with Crippen LogP contribution in [0.4, 0.5) is 0 Å². The van der Waals surface area contributed by atoms with Gasteiger partial charge in [-0.25, -0.2) is 15.0 Å². The molecule has 5 nitrogen and oxygen atoms in total. The molecule has 10 aromatic rings. The molecule has 242 valence electrons. The zero-order chi connectivity index (χ0) is 34.4. The minimum absolute atomic E-state index is 0.793. The summed E-state index contributed by atoms with van der Waals surface area (Å²) in [5.41, 5.74) is 11.2.